The van der Waals surface area contributed by atoms with Crippen LogP contribution < -0.4 is 10.6 Å². The van der Waals surface area contributed by atoms with E-state index in [2.05, 4.69) is 82.2 Å². The van der Waals surface area contributed by atoms with E-state index in [1.54, 1.807) is 0 Å². The second-order valence-corrected chi connectivity index (χ2v) is 22.1. The molecular weight excluding hydrogens is 753 g/mol. The zero-order valence-corrected chi connectivity index (χ0v) is 35.5. The van der Waals surface area contributed by atoms with Gasteiger partial charge in [-0.3, -0.25) is 9.59 Å². The smallest absolute Gasteiger partial charge is 0.407 e. The van der Waals surface area contributed by atoms with Crippen molar-refractivity contribution in [2.75, 3.05) is 26.9 Å². The molecule has 306 valence electrons. The molecule has 2 aromatic heterocycles. The van der Waals surface area contributed by atoms with Gasteiger partial charge in [0.2, 0.25) is 11.8 Å². The molecule has 0 saturated carbocycles. The second kappa shape index (κ2) is 16.3. The van der Waals surface area contributed by atoms with Crippen LogP contribution in [0.15, 0.2) is 60.8 Å². The summed E-state index contributed by atoms with van der Waals surface area (Å²) in [6, 6.07) is 17.9. The summed E-state index contributed by atoms with van der Waals surface area (Å²) < 4.78 is 9.59. The molecule has 2 saturated heterocycles. The molecule has 4 atom stereocenters. The number of benzene rings is 3. The third-order valence-corrected chi connectivity index (χ3v) is 14.2. The number of hydrogen-bond acceptors (Lipinski definition) is 8. The summed E-state index contributed by atoms with van der Waals surface area (Å²) >= 11 is 0. The van der Waals surface area contributed by atoms with E-state index in [4.69, 9.17) is 19.4 Å². The van der Waals surface area contributed by atoms with E-state index in [9.17, 15) is 19.2 Å². The van der Waals surface area contributed by atoms with Crippen molar-refractivity contribution in [1.29, 1.82) is 0 Å². The van der Waals surface area contributed by atoms with Crippen molar-refractivity contribution >= 4 is 53.9 Å². The zero-order valence-electron chi connectivity index (χ0n) is 34.5. The van der Waals surface area contributed by atoms with Crippen LogP contribution in [0.25, 0.3) is 44.2 Å². The molecule has 4 amide bonds. The van der Waals surface area contributed by atoms with Gasteiger partial charge >= 0.3 is 12.2 Å². The first-order chi connectivity index (χ1) is 27.7. The van der Waals surface area contributed by atoms with Crippen LogP contribution in [0.2, 0.25) is 19.1 Å². The molecule has 7 rings (SSSR count). The molecule has 3 aromatic carbocycles. The van der Waals surface area contributed by atoms with E-state index in [0.29, 0.717) is 12.7 Å². The average molecular weight is 807 g/mol. The van der Waals surface area contributed by atoms with Crippen molar-refractivity contribution in [3.63, 3.8) is 0 Å². The van der Waals surface area contributed by atoms with Gasteiger partial charge in [-0.1, -0.05) is 71.1 Å². The number of methoxy groups -OCH3 is 2. The van der Waals surface area contributed by atoms with Crippen molar-refractivity contribution in [1.82, 2.24) is 40.4 Å². The number of H-pyrrole nitrogens is 2. The molecule has 0 unspecified atom stereocenters. The predicted octanol–water partition coefficient (Wildman–Crippen LogP) is 7.33. The van der Waals surface area contributed by atoms with Gasteiger partial charge in [-0.15, -0.1) is 0 Å². The molecule has 58 heavy (non-hydrogen) atoms. The van der Waals surface area contributed by atoms with Gasteiger partial charge in [-0.05, 0) is 76.9 Å². The van der Waals surface area contributed by atoms with Crippen molar-refractivity contribution < 1.29 is 28.7 Å². The minimum Gasteiger partial charge on any atom is -0.453 e. The van der Waals surface area contributed by atoms with Crippen LogP contribution in [-0.4, -0.2) is 101 Å². The number of hydrogen-bond donors (Lipinski definition) is 4. The normalized spacial score (nSPS) is 18.9. The maximum Gasteiger partial charge on any atom is 0.407 e. The summed E-state index contributed by atoms with van der Waals surface area (Å²) in [6.07, 6.45) is 2.97. The van der Waals surface area contributed by atoms with Crippen molar-refractivity contribution in [2.45, 2.75) is 83.8 Å². The van der Waals surface area contributed by atoms with Gasteiger partial charge in [0, 0.05) is 24.5 Å². The van der Waals surface area contributed by atoms with Gasteiger partial charge in [0.15, 0.2) is 0 Å². The zero-order chi connectivity index (χ0) is 41.5. The molecule has 0 radical (unpaired) electrons. The fraction of sp³-hybridized carbons (Fsp3) is 0.442. The Balaban J connectivity index is 1.09. The Morgan fingerprint density at radius 3 is 1.98 bits per heavy atom. The van der Waals surface area contributed by atoms with Crippen LogP contribution in [0.3, 0.4) is 0 Å². The first kappa shape index (κ1) is 40.5. The highest BCUT2D eigenvalue weighted by Crippen LogP contribution is 2.39. The number of nitrogens with zero attached hydrogens (tertiary/aromatic N) is 4. The van der Waals surface area contributed by atoms with Gasteiger partial charge < -0.3 is 39.9 Å². The van der Waals surface area contributed by atoms with Gasteiger partial charge in [0.05, 0.1) is 51.1 Å². The summed E-state index contributed by atoms with van der Waals surface area (Å²) in [5.41, 5.74) is 5.58. The van der Waals surface area contributed by atoms with Crippen LogP contribution in [0.5, 0.6) is 0 Å². The molecule has 0 bridgehead atoms. The highest BCUT2D eigenvalue weighted by atomic mass is 28.3. The van der Waals surface area contributed by atoms with E-state index in [-0.39, 0.29) is 35.7 Å². The molecular formula is C43H54N8O6Si. The van der Waals surface area contributed by atoms with Crippen LogP contribution >= 0.6 is 0 Å². The lowest BCUT2D eigenvalue weighted by Crippen LogP contribution is -2.52. The molecule has 14 nitrogen and oxygen atoms in total. The SMILES string of the molecule is COC(=O)N[C@H](C(=O)N1C[Si](C)(C)C[C@H]1c1nc(-c2ccc3cc(-c4ccc5nc([C@@H]6CCCN6C(=O)[C@@H](NC(=O)OC)C(C)C)[nH]c5c4)ccc3c2)c[nH]1)C(C)C. The minimum atomic E-state index is -1.75. The number of ether oxygens (including phenoxy) is 2. The van der Waals surface area contributed by atoms with Crippen LogP contribution in [0, 0.1) is 11.8 Å². The number of imidazole rings is 2. The number of amides is 4. The fourth-order valence-electron chi connectivity index (χ4n) is 8.42. The van der Waals surface area contributed by atoms with E-state index >= 15 is 0 Å². The lowest BCUT2D eigenvalue weighted by atomic mass is 9.99. The molecule has 5 aromatic rings. The van der Waals surface area contributed by atoms with E-state index in [0.717, 1.165) is 74.7 Å². The molecule has 2 aliphatic rings. The summed E-state index contributed by atoms with van der Waals surface area (Å²) in [5, 5.41) is 7.61. The third kappa shape index (κ3) is 8.17. The Hall–Kier alpha value is -5.70. The highest BCUT2D eigenvalue weighted by molar-refractivity contribution is 6.78. The van der Waals surface area contributed by atoms with Gasteiger partial charge in [-0.25, -0.2) is 19.6 Å². The second-order valence-electron chi connectivity index (χ2n) is 17.1. The summed E-state index contributed by atoms with van der Waals surface area (Å²) in [7, 11) is 0.839. The first-order valence-corrected chi connectivity index (χ1v) is 23.5. The summed E-state index contributed by atoms with van der Waals surface area (Å²) in [6.45, 7) is 12.8. The molecule has 4 heterocycles. The van der Waals surface area contributed by atoms with E-state index < -0.39 is 32.3 Å². The number of aromatic nitrogens is 4. The maximum atomic E-state index is 13.9. The maximum absolute atomic E-state index is 13.9. The Kier molecular flexibility index (Phi) is 11.4. The molecule has 15 heteroatoms. The Labute approximate surface area is 339 Å². The van der Waals surface area contributed by atoms with Crippen molar-refractivity contribution in [3.8, 4) is 22.4 Å². The number of alkyl carbamates (subject to hydrolysis) is 2. The third-order valence-electron chi connectivity index (χ3n) is 11.5. The van der Waals surface area contributed by atoms with Crippen LogP contribution in [0.4, 0.5) is 9.59 Å². The molecule has 2 aliphatic heterocycles. The van der Waals surface area contributed by atoms with Crippen LogP contribution in [0.1, 0.15) is 64.3 Å². The molecule has 0 aliphatic carbocycles. The topological polar surface area (TPSA) is 175 Å². The monoisotopic (exact) mass is 806 g/mol. The van der Waals surface area contributed by atoms with Crippen molar-refractivity contribution in [2.24, 2.45) is 11.8 Å². The highest BCUT2D eigenvalue weighted by Gasteiger charge is 2.46. The van der Waals surface area contributed by atoms with E-state index in [1.807, 2.05) is 49.8 Å². The number of carbonyl (C=O) groups is 4. The van der Waals surface area contributed by atoms with Gasteiger partial charge in [-0.2, -0.15) is 0 Å². The number of aromatic amines is 2. The number of nitrogens with one attached hydrogen (secondary N) is 4. The summed E-state index contributed by atoms with van der Waals surface area (Å²) in [5.74, 6) is 1.01. The number of rotatable bonds is 10. The predicted molar refractivity (Wildman–Crippen MR) is 225 cm³/mol. The number of likely N-dealkylation sites (tertiary alicyclic amines) is 1. The van der Waals surface area contributed by atoms with Crippen LogP contribution in [-0.2, 0) is 19.1 Å². The largest absolute Gasteiger partial charge is 0.453 e. The Bertz CT molecular complexity index is 2350. The number of carbonyl (C=O) groups excluding carboxylic acids is 4. The molecule has 2 fully saturated rings. The van der Waals surface area contributed by atoms with Gasteiger partial charge in [0.25, 0.3) is 0 Å². The average Bonchev–Trinajstić information content (AvgIpc) is 4.02. The quantitative estimate of drug-likeness (QED) is 0.106. The lowest BCUT2D eigenvalue weighted by molar-refractivity contribution is -0.136. The number of fused-ring (bicyclic) bond motifs is 2. The molecule has 0 spiro atoms. The van der Waals surface area contributed by atoms with E-state index in [1.165, 1.54) is 14.2 Å². The standard InChI is InChI=1S/C43H54N8O6Si/c1-24(2)36(48-42(54)56-5)40(52)50-17-9-10-34(50)39-45-31-16-15-29(20-32(31)46-39)27-11-12-28-19-30(14-13-26(28)18-27)33-21-44-38(47-33)35-22-58(7,8)23-51(35)41(53)37(25(3)4)49-43(55)57-6/h11-16,18-21,24-25,34-37H,9-10,17,22-23H2,1-8H3,(H,44,47)(H,45,46)(H,48,54)(H,49,55)/t34-,35-,36-,37-/m0/s1. The lowest BCUT2D eigenvalue weighted by Gasteiger charge is -2.30. The summed E-state index contributed by atoms with van der Waals surface area (Å²) in [4.78, 5) is 72.2. The Morgan fingerprint density at radius 2 is 1.34 bits per heavy atom. The van der Waals surface area contributed by atoms with Crippen molar-refractivity contribution in [3.05, 3.63) is 72.4 Å². The van der Waals surface area contributed by atoms with Gasteiger partial charge in [0.1, 0.15) is 23.7 Å². The first-order valence-electron chi connectivity index (χ1n) is 20.1. The molecule has 4 N–H and O–H groups in total. The fourth-order valence-corrected chi connectivity index (χ4v) is 11.3. The Morgan fingerprint density at radius 1 is 0.759 bits per heavy atom. The minimum absolute atomic E-state index is 0.110.